The summed E-state index contributed by atoms with van der Waals surface area (Å²) in [7, 11) is 3.90. The largest absolute Gasteiger partial charge is 0.385 e. The summed E-state index contributed by atoms with van der Waals surface area (Å²) in [5.41, 5.74) is 0. The molecule has 3 atom stereocenters. The van der Waals surface area contributed by atoms with Gasteiger partial charge in [0.2, 0.25) is 0 Å². The van der Waals surface area contributed by atoms with Gasteiger partial charge in [-0.05, 0) is 50.6 Å². The number of methoxy groups -OCH3 is 1. The van der Waals surface area contributed by atoms with Crippen LogP contribution in [-0.2, 0) is 4.74 Å². The molecule has 0 amide bonds. The second kappa shape index (κ2) is 9.80. The molecule has 0 bridgehead atoms. The fourth-order valence-corrected chi connectivity index (χ4v) is 3.63. The predicted octanol–water partition coefficient (Wildman–Crippen LogP) is 3.86. The normalized spacial score (nSPS) is 28.5. The number of rotatable bonds is 9. The number of unbranched alkanes of at least 4 members (excludes halogenated alkanes) is 1. The van der Waals surface area contributed by atoms with E-state index in [1.165, 1.54) is 57.9 Å². The van der Waals surface area contributed by atoms with Gasteiger partial charge < -0.3 is 10.1 Å². The van der Waals surface area contributed by atoms with Gasteiger partial charge in [-0.25, -0.2) is 0 Å². The zero-order valence-electron chi connectivity index (χ0n) is 12.7. The molecule has 1 saturated carbocycles. The molecule has 0 aromatic heterocycles. The van der Waals surface area contributed by atoms with E-state index in [4.69, 9.17) is 4.74 Å². The molecule has 0 aromatic rings. The van der Waals surface area contributed by atoms with Crippen LogP contribution in [0.3, 0.4) is 0 Å². The lowest BCUT2D eigenvalue weighted by Crippen LogP contribution is -2.32. The smallest absolute Gasteiger partial charge is 0.0462 e. The molecule has 1 rings (SSSR count). The summed E-state index contributed by atoms with van der Waals surface area (Å²) in [4.78, 5) is 0. The van der Waals surface area contributed by atoms with E-state index in [9.17, 15) is 0 Å². The third-order valence-electron chi connectivity index (χ3n) is 4.59. The summed E-state index contributed by atoms with van der Waals surface area (Å²) in [6.07, 6.45) is 11.2. The fourth-order valence-electron chi connectivity index (χ4n) is 3.63. The van der Waals surface area contributed by atoms with Gasteiger partial charge in [0.25, 0.3) is 0 Å². The summed E-state index contributed by atoms with van der Waals surface area (Å²) >= 11 is 0. The Morgan fingerprint density at radius 2 is 1.94 bits per heavy atom. The summed E-state index contributed by atoms with van der Waals surface area (Å²) < 4.78 is 5.15. The molecule has 18 heavy (non-hydrogen) atoms. The highest BCUT2D eigenvalue weighted by Crippen LogP contribution is 2.38. The van der Waals surface area contributed by atoms with Crippen LogP contribution < -0.4 is 5.32 Å². The third kappa shape index (κ3) is 5.71. The minimum Gasteiger partial charge on any atom is -0.385 e. The zero-order chi connectivity index (χ0) is 13.2. The summed E-state index contributed by atoms with van der Waals surface area (Å²) in [6, 6.07) is 0. The van der Waals surface area contributed by atoms with Gasteiger partial charge in [0.1, 0.15) is 0 Å². The van der Waals surface area contributed by atoms with Crippen LogP contribution in [0.2, 0.25) is 0 Å². The maximum atomic E-state index is 5.15. The van der Waals surface area contributed by atoms with Crippen molar-refractivity contribution in [3.05, 3.63) is 0 Å². The SMILES string of the molecule is CCCC1CCC(CNC)C(CCCCOC)C1. The standard InChI is InChI=1S/C16H33NO/c1-4-7-14-9-10-16(13-17-2)15(12-14)8-5-6-11-18-3/h14-17H,4-13H2,1-3H3. The summed E-state index contributed by atoms with van der Waals surface area (Å²) in [5, 5.41) is 3.39. The van der Waals surface area contributed by atoms with Crippen LogP contribution in [-0.4, -0.2) is 27.3 Å². The maximum Gasteiger partial charge on any atom is 0.0462 e. The van der Waals surface area contributed by atoms with Gasteiger partial charge in [-0.1, -0.05) is 39.0 Å². The van der Waals surface area contributed by atoms with Crippen molar-refractivity contribution in [3.63, 3.8) is 0 Å². The highest BCUT2D eigenvalue weighted by atomic mass is 16.5. The lowest BCUT2D eigenvalue weighted by atomic mass is 9.71. The minimum absolute atomic E-state index is 0.922. The molecule has 0 heterocycles. The second-order valence-electron chi connectivity index (χ2n) is 6.03. The van der Waals surface area contributed by atoms with Crippen molar-refractivity contribution in [1.82, 2.24) is 5.32 Å². The molecular formula is C16H33NO. The van der Waals surface area contributed by atoms with Gasteiger partial charge in [0.05, 0.1) is 0 Å². The summed E-state index contributed by atoms with van der Waals surface area (Å²) in [5.74, 6) is 2.89. The molecule has 1 fully saturated rings. The Hall–Kier alpha value is -0.0800. The van der Waals surface area contributed by atoms with Crippen LogP contribution in [0, 0.1) is 17.8 Å². The highest BCUT2D eigenvalue weighted by molar-refractivity contribution is 4.81. The fraction of sp³-hybridized carbons (Fsp3) is 1.00. The van der Waals surface area contributed by atoms with E-state index < -0.39 is 0 Å². The quantitative estimate of drug-likeness (QED) is 0.632. The van der Waals surface area contributed by atoms with Gasteiger partial charge in [0, 0.05) is 13.7 Å². The average Bonchev–Trinajstić information content (AvgIpc) is 2.38. The first-order valence-corrected chi connectivity index (χ1v) is 7.95. The van der Waals surface area contributed by atoms with E-state index in [1.54, 1.807) is 0 Å². The zero-order valence-corrected chi connectivity index (χ0v) is 12.7. The summed E-state index contributed by atoms with van der Waals surface area (Å²) in [6.45, 7) is 4.48. The molecule has 3 unspecified atom stereocenters. The molecule has 0 aromatic carbocycles. The van der Waals surface area contributed by atoms with Gasteiger partial charge in [0.15, 0.2) is 0 Å². The molecule has 2 heteroatoms. The maximum absolute atomic E-state index is 5.15. The van der Waals surface area contributed by atoms with Crippen molar-refractivity contribution < 1.29 is 4.74 Å². The van der Waals surface area contributed by atoms with E-state index in [2.05, 4.69) is 19.3 Å². The van der Waals surface area contributed by atoms with E-state index in [0.29, 0.717) is 0 Å². The first-order chi connectivity index (χ1) is 8.81. The second-order valence-corrected chi connectivity index (χ2v) is 6.03. The Balaban J connectivity index is 2.34. The van der Waals surface area contributed by atoms with Crippen LogP contribution >= 0.6 is 0 Å². The Bertz CT molecular complexity index is 196. The molecule has 1 aliphatic carbocycles. The van der Waals surface area contributed by atoms with Crippen LogP contribution in [0.4, 0.5) is 0 Å². The lowest BCUT2D eigenvalue weighted by Gasteiger charge is -2.36. The molecular weight excluding hydrogens is 222 g/mol. The third-order valence-corrected chi connectivity index (χ3v) is 4.59. The lowest BCUT2D eigenvalue weighted by molar-refractivity contribution is 0.149. The Kier molecular flexibility index (Phi) is 8.70. The molecule has 0 spiro atoms. The topological polar surface area (TPSA) is 21.3 Å². The van der Waals surface area contributed by atoms with E-state index >= 15 is 0 Å². The predicted molar refractivity (Wildman–Crippen MR) is 78.9 cm³/mol. The number of nitrogens with one attached hydrogen (secondary N) is 1. The number of hydrogen-bond acceptors (Lipinski definition) is 2. The first-order valence-electron chi connectivity index (χ1n) is 7.95. The Morgan fingerprint density at radius 3 is 2.61 bits per heavy atom. The van der Waals surface area contributed by atoms with Crippen molar-refractivity contribution in [2.24, 2.45) is 17.8 Å². The Morgan fingerprint density at radius 1 is 1.11 bits per heavy atom. The van der Waals surface area contributed by atoms with Gasteiger partial charge in [-0.3, -0.25) is 0 Å². The van der Waals surface area contributed by atoms with Crippen molar-refractivity contribution in [1.29, 1.82) is 0 Å². The molecule has 0 saturated heterocycles. The molecule has 0 radical (unpaired) electrons. The first kappa shape index (κ1) is 16.0. The van der Waals surface area contributed by atoms with Crippen LogP contribution in [0.15, 0.2) is 0 Å². The van der Waals surface area contributed by atoms with E-state index in [1.807, 2.05) is 7.11 Å². The van der Waals surface area contributed by atoms with E-state index in [0.717, 1.165) is 24.4 Å². The number of ether oxygens (including phenoxy) is 1. The van der Waals surface area contributed by atoms with Crippen molar-refractivity contribution in [2.75, 3.05) is 27.3 Å². The van der Waals surface area contributed by atoms with E-state index in [-0.39, 0.29) is 0 Å². The van der Waals surface area contributed by atoms with Crippen LogP contribution in [0.5, 0.6) is 0 Å². The molecule has 2 nitrogen and oxygen atoms in total. The average molecular weight is 255 g/mol. The molecule has 1 aliphatic rings. The minimum atomic E-state index is 0.922. The number of hydrogen-bond donors (Lipinski definition) is 1. The van der Waals surface area contributed by atoms with Gasteiger partial charge in [-0.15, -0.1) is 0 Å². The van der Waals surface area contributed by atoms with Crippen LogP contribution in [0.25, 0.3) is 0 Å². The van der Waals surface area contributed by atoms with Gasteiger partial charge in [-0.2, -0.15) is 0 Å². The highest BCUT2D eigenvalue weighted by Gasteiger charge is 2.28. The molecule has 0 aliphatic heterocycles. The van der Waals surface area contributed by atoms with Crippen molar-refractivity contribution in [2.45, 2.75) is 58.3 Å². The van der Waals surface area contributed by atoms with Crippen LogP contribution in [0.1, 0.15) is 58.3 Å². The van der Waals surface area contributed by atoms with Crippen molar-refractivity contribution >= 4 is 0 Å². The monoisotopic (exact) mass is 255 g/mol. The van der Waals surface area contributed by atoms with Gasteiger partial charge >= 0.3 is 0 Å². The Labute approximate surface area is 114 Å². The molecule has 108 valence electrons. The van der Waals surface area contributed by atoms with Crippen molar-refractivity contribution in [3.8, 4) is 0 Å². The molecule has 1 N–H and O–H groups in total.